The Kier molecular flexibility index (Phi) is 3.08. The molecule has 0 radical (unpaired) electrons. The zero-order chi connectivity index (χ0) is 15.3. The smallest absolute Gasteiger partial charge is 0.170 e. The van der Waals surface area contributed by atoms with Gasteiger partial charge in [0.1, 0.15) is 17.0 Å². The second-order valence-corrected chi connectivity index (χ2v) is 6.33. The van der Waals surface area contributed by atoms with Crippen LogP contribution in [0.5, 0.6) is 0 Å². The molecule has 0 atom stereocenters. The van der Waals surface area contributed by atoms with Gasteiger partial charge < -0.3 is 4.42 Å². The van der Waals surface area contributed by atoms with Crippen LogP contribution in [0.1, 0.15) is 46.3 Å². The van der Waals surface area contributed by atoms with Crippen molar-refractivity contribution in [1.82, 2.24) is 9.78 Å². The van der Waals surface area contributed by atoms with Gasteiger partial charge in [0, 0.05) is 27.6 Å². The molecule has 0 bridgehead atoms. The molecule has 2 heterocycles. The Morgan fingerprint density at radius 2 is 2.18 bits per heavy atom. The largest absolute Gasteiger partial charge is 0.460 e. The summed E-state index contributed by atoms with van der Waals surface area (Å²) in [4.78, 5) is 10.9. The molecule has 1 aliphatic rings. The molecule has 1 saturated carbocycles. The number of furan rings is 1. The summed E-state index contributed by atoms with van der Waals surface area (Å²) in [7, 11) is 0. The number of carbonyl (C=O) groups is 1. The van der Waals surface area contributed by atoms with Gasteiger partial charge in [-0.15, -0.1) is 0 Å². The molecule has 1 fully saturated rings. The normalized spacial score (nSPS) is 14.6. The van der Waals surface area contributed by atoms with E-state index in [1.165, 1.54) is 12.8 Å². The van der Waals surface area contributed by atoms with Crippen molar-refractivity contribution in [3.63, 3.8) is 0 Å². The highest BCUT2D eigenvalue weighted by atomic mass is 35.5. The number of carbonyl (C=O) groups excluding carboxylic acids is 1. The fourth-order valence-electron chi connectivity index (χ4n) is 2.81. The first-order chi connectivity index (χ1) is 10.6. The minimum atomic E-state index is 0.439. The average Bonchev–Trinajstić information content (AvgIpc) is 3.16. The molecule has 1 aromatic carbocycles. The summed E-state index contributed by atoms with van der Waals surface area (Å²) in [5.74, 6) is 1.61. The molecule has 22 heavy (non-hydrogen) atoms. The number of rotatable bonds is 4. The third-order valence-electron chi connectivity index (χ3n) is 4.10. The van der Waals surface area contributed by atoms with E-state index in [1.54, 1.807) is 10.7 Å². The van der Waals surface area contributed by atoms with Gasteiger partial charge in [0.2, 0.25) is 0 Å². The molecule has 2 aromatic heterocycles. The lowest BCUT2D eigenvalue weighted by Gasteiger charge is -2.06. The molecular weight excluding hydrogens is 300 g/mol. The average molecular weight is 315 g/mol. The Balaban J connectivity index is 1.79. The quantitative estimate of drug-likeness (QED) is 0.673. The maximum atomic E-state index is 10.9. The van der Waals surface area contributed by atoms with Crippen molar-refractivity contribution in [2.45, 2.75) is 32.2 Å². The van der Waals surface area contributed by atoms with E-state index in [4.69, 9.17) is 16.0 Å². The molecular formula is C17H15ClN2O2. The van der Waals surface area contributed by atoms with Crippen molar-refractivity contribution in [3.8, 4) is 0 Å². The topological polar surface area (TPSA) is 48.0 Å². The lowest BCUT2D eigenvalue weighted by molar-refractivity contribution is 0.111. The molecule has 1 aliphatic carbocycles. The lowest BCUT2D eigenvalue weighted by atomic mass is 10.1. The Hall–Kier alpha value is -2.07. The predicted molar refractivity (Wildman–Crippen MR) is 84.7 cm³/mol. The number of halogens is 1. The Labute approximate surface area is 132 Å². The van der Waals surface area contributed by atoms with Crippen LogP contribution in [0.2, 0.25) is 5.02 Å². The summed E-state index contributed by atoms with van der Waals surface area (Å²) in [5.41, 5.74) is 3.23. The first-order valence-electron chi connectivity index (χ1n) is 7.35. The second kappa shape index (κ2) is 4.99. The van der Waals surface area contributed by atoms with Crippen LogP contribution in [0.3, 0.4) is 0 Å². The molecule has 4 nitrogen and oxygen atoms in total. The standard InChI is InChI=1S/C17H15ClN2O2/c1-10-4-15(9-21)19-20(10)8-13-6-14(18)5-12-7-16(11-2-3-11)22-17(12)13/h4-7,9,11H,2-3,8H2,1H3. The number of aromatic nitrogens is 2. The first-order valence-corrected chi connectivity index (χ1v) is 7.73. The minimum Gasteiger partial charge on any atom is -0.460 e. The lowest BCUT2D eigenvalue weighted by Crippen LogP contribution is -2.04. The summed E-state index contributed by atoms with van der Waals surface area (Å²) in [6.07, 6.45) is 3.16. The molecule has 0 aliphatic heterocycles. The number of hydrogen-bond donors (Lipinski definition) is 0. The maximum absolute atomic E-state index is 10.9. The number of fused-ring (bicyclic) bond motifs is 1. The van der Waals surface area contributed by atoms with E-state index in [9.17, 15) is 4.79 Å². The van der Waals surface area contributed by atoms with Gasteiger partial charge in [0.05, 0.1) is 6.54 Å². The number of hydrogen-bond acceptors (Lipinski definition) is 3. The predicted octanol–water partition coefficient (Wildman–Crippen LogP) is 4.33. The van der Waals surface area contributed by atoms with Crippen molar-refractivity contribution in [2.75, 3.05) is 0 Å². The van der Waals surface area contributed by atoms with Crippen molar-refractivity contribution in [1.29, 1.82) is 0 Å². The van der Waals surface area contributed by atoms with E-state index >= 15 is 0 Å². The molecule has 4 rings (SSSR count). The molecule has 0 saturated heterocycles. The highest BCUT2D eigenvalue weighted by molar-refractivity contribution is 6.31. The summed E-state index contributed by atoms with van der Waals surface area (Å²) < 4.78 is 7.85. The first kappa shape index (κ1) is 13.6. The SMILES string of the molecule is Cc1cc(C=O)nn1Cc1cc(Cl)cc2cc(C3CC3)oc12. The van der Waals surface area contributed by atoms with Gasteiger partial charge in [0.25, 0.3) is 0 Å². The molecule has 0 N–H and O–H groups in total. The van der Waals surface area contributed by atoms with E-state index in [0.29, 0.717) is 23.2 Å². The van der Waals surface area contributed by atoms with Crippen LogP contribution in [0.4, 0.5) is 0 Å². The van der Waals surface area contributed by atoms with Crippen molar-refractivity contribution in [3.05, 3.63) is 52.0 Å². The van der Waals surface area contributed by atoms with Crippen LogP contribution < -0.4 is 0 Å². The van der Waals surface area contributed by atoms with Gasteiger partial charge in [0.15, 0.2) is 6.29 Å². The Morgan fingerprint density at radius 3 is 2.86 bits per heavy atom. The molecule has 0 unspecified atom stereocenters. The van der Waals surface area contributed by atoms with E-state index in [-0.39, 0.29) is 0 Å². The van der Waals surface area contributed by atoms with Crippen molar-refractivity contribution < 1.29 is 9.21 Å². The van der Waals surface area contributed by atoms with Crippen LogP contribution in [0, 0.1) is 6.92 Å². The molecule has 0 amide bonds. The van der Waals surface area contributed by atoms with Gasteiger partial charge in [-0.2, -0.15) is 5.10 Å². The fourth-order valence-corrected chi connectivity index (χ4v) is 3.06. The number of benzene rings is 1. The van der Waals surface area contributed by atoms with Crippen molar-refractivity contribution in [2.24, 2.45) is 0 Å². The highest BCUT2D eigenvalue weighted by Gasteiger charge is 2.27. The van der Waals surface area contributed by atoms with E-state index < -0.39 is 0 Å². The van der Waals surface area contributed by atoms with Crippen LogP contribution in [-0.2, 0) is 6.54 Å². The maximum Gasteiger partial charge on any atom is 0.170 e. The fraction of sp³-hybridized carbons (Fsp3) is 0.294. The third-order valence-corrected chi connectivity index (χ3v) is 4.32. The van der Waals surface area contributed by atoms with E-state index in [2.05, 4.69) is 11.2 Å². The zero-order valence-electron chi connectivity index (χ0n) is 12.2. The van der Waals surface area contributed by atoms with E-state index in [1.807, 2.05) is 19.1 Å². The number of aryl methyl sites for hydroxylation is 1. The Bertz CT molecular complexity index is 874. The second-order valence-electron chi connectivity index (χ2n) is 5.89. The molecule has 112 valence electrons. The zero-order valence-corrected chi connectivity index (χ0v) is 12.9. The summed E-state index contributed by atoms with van der Waals surface area (Å²) >= 11 is 6.24. The summed E-state index contributed by atoms with van der Waals surface area (Å²) in [5, 5.41) is 6.00. The summed E-state index contributed by atoms with van der Waals surface area (Å²) in [6.45, 7) is 2.47. The van der Waals surface area contributed by atoms with Gasteiger partial charge in [-0.25, -0.2) is 0 Å². The molecule has 3 aromatic rings. The summed E-state index contributed by atoms with van der Waals surface area (Å²) in [6, 6.07) is 7.70. The van der Waals surface area contributed by atoms with Crippen molar-refractivity contribution >= 4 is 28.9 Å². The monoisotopic (exact) mass is 314 g/mol. The number of aldehydes is 1. The molecule has 0 spiro atoms. The molecule has 5 heteroatoms. The van der Waals surface area contributed by atoms with Gasteiger partial charge in [-0.05, 0) is 44.0 Å². The highest BCUT2D eigenvalue weighted by Crippen LogP contribution is 2.43. The van der Waals surface area contributed by atoms with Crippen LogP contribution in [0.15, 0.2) is 28.7 Å². The number of nitrogens with zero attached hydrogens (tertiary/aromatic N) is 2. The van der Waals surface area contributed by atoms with E-state index in [0.717, 1.165) is 34.3 Å². The third kappa shape index (κ3) is 2.33. The van der Waals surface area contributed by atoms with Crippen LogP contribution in [-0.4, -0.2) is 16.1 Å². The minimum absolute atomic E-state index is 0.439. The van der Waals surface area contributed by atoms with Gasteiger partial charge in [-0.3, -0.25) is 9.48 Å². The Morgan fingerprint density at radius 1 is 1.36 bits per heavy atom. The van der Waals surface area contributed by atoms with Gasteiger partial charge >= 0.3 is 0 Å². The van der Waals surface area contributed by atoms with Gasteiger partial charge in [-0.1, -0.05) is 11.6 Å². The van der Waals surface area contributed by atoms with Crippen LogP contribution in [0.25, 0.3) is 11.0 Å². The van der Waals surface area contributed by atoms with Crippen LogP contribution >= 0.6 is 11.6 Å².